The minimum absolute atomic E-state index is 0.172. The van der Waals surface area contributed by atoms with Crippen LogP contribution >= 0.6 is 28.1 Å². The van der Waals surface area contributed by atoms with Gasteiger partial charge in [0.1, 0.15) is 11.5 Å². The number of carbonyl (C=O) groups excluding carboxylic acids is 1. The van der Waals surface area contributed by atoms with E-state index in [0.29, 0.717) is 36.0 Å². The monoisotopic (exact) mass is 588 g/mol. The van der Waals surface area contributed by atoms with Gasteiger partial charge in [-0.05, 0) is 66.5 Å². The summed E-state index contributed by atoms with van der Waals surface area (Å²) in [5, 5.41) is 6.02. The molecule has 0 aliphatic rings. The fourth-order valence-electron chi connectivity index (χ4n) is 3.85. The van der Waals surface area contributed by atoms with Crippen LogP contribution < -0.4 is 20.1 Å². The second kappa shape index (κ2) is 14.3. The third-order valence-electron chi connectivity index (χ3n) is 5.75. The van der Waals surface area contributed by atoms with E-state index in [9.17, 15) is 4.79 Å². The molecule has 0 spiro atoms. The van der Waals surface area contributed by atoms with E-state index < -0.39 is 0 Å². The van der Waals surface area contributed by atoms with Crippen LogP contribution in [0.25, 0.3) is 0 Å². The zero-order chi connectivity index (χ0) is 26.6. The molecule has 0 saturated carbocycles. The number of thiocarbonyl (C=S) groups is 1. The van der Waals surface area contributed by atoms with Crippen LogP contribution in [-0.4, -0.2) is 24.2 Å². The first-order chi connectivity index (χ1) is 18.6. The first kappa shape index (κ1) is 27.4. The van der Waals surface area contributed by atoms with Gasteiger partial charge in [0.05, 0.1) is 24.5 Å². The summed E-state index contributed by atoms with van der Waals surface area (Å²) in [6, 6.07) is 33.3. The van der Waals surface area contributed by atoms with Crippen LogP contribution in [0.2, 0.25) is 0 Å². The average molecular weight is 590 g/mol. The number of benzene rings is 4. The Kier molecular flexibility index (Phi) is 10.3. The minimum atomic E-state index is -0.361. The molecular formula is C31H29BrN2O3S. The van der Waals surface area contributed by atoms with E-state index in [1.54, 1.807) is 12.1 Å². The summed E-state index contributed by atoms with van der Waals surface area (Å²) in [6.07, 6.45) is 2.56. The van der Waals surface area contributed by atoms with Crippen molar-refractivity contribution >= 4 is 44.9 Å². The zero-order valence-electron chi connectivity index (χ0n) is 20.9. The van der Waals surface area contributed by atoms with Crippen molar-refractivity contribution in [3.05, 3.63) is 124 Å². The maximum atomic E-state index is 13.1. The van der Waals surface area contributed by atoms with Gasteiger partial charge in [-0.15, -0.1) is 0 Å². The molecule has 0 fully saturated rings. The van der Waals surface area contributed by atoms with Gasteiger partial charge in [-0.2, -0.15) is 0 Å². The number of halogens is 1. The highest BCUT2D eigenvalue weighted by atomic mass is 79.9. The number of carbonyl (C=O) groups is 1. The molecule has 0 heterocycles. The third-order valence-corrected chi connectivity index (χ3v) is 6.45. The molecule has 0 radical (unpaired) electrons. The number of hydrogen-bond donors (Lipinski definition) is 2. The largest absolute Gasteiger partial charge is 0.492 e. The molecule has 0 bridgehead atoms. The molecule has 7 heteroatoms. The van der Waals surface area contributed by atoms with E-state index in [1.807, 2.05) is 78.9 Å². The fourth-order valence-corrected chi connectivity index (χ4v) is 4.42. The lowest BCUT2D eigenvalue weighted by molar-refractivity contribution is 0.0973. The highest BCUT2D eigenvalue weighted by molar-refractivity contribution is 9.10. The second-order valence-corrected chi connectivity index (χ2v) is 9.89. The first-order valence-corrected chi connectivity index (χ1v) is 13.6. The maximum absolute atomic E-state index is 13.1. The predicted octanol–water partition coefficient (Wildman–Crippen LogP) is 7.21. The summed E-state index contributed by atoms with van der Waals surface area (Å²) in [6.45, 7) is 1.01. The number of rotatable bonds is 11. The zero-order valence-corrected chi connectivity index (χ0v) is 23.3. The molecule has 5 nitrogen and oxygen atoms in total. The van der Waals surface area contributed by atoms with Crippen LogP contribution in [0, 0.1) is 0 Å². The third kappa shape index (κ3) is 8.43. The van der Waals surface area contributed by atoms with Crippen molar-refractivity contribution in [1.82, 2.24) is 5.32 Å². The number of ether oxygens (including phenoxy) is 2. The molecule has 194 valence electrons. The Morgan fingerprint density at radius 2 is 1.37 bits per heavy atom. The summed E-state index contributed by atoms with van der Waals surface area (Å²) in [5.41, 5.74) is 3.53. The molecule has 0 atom stereocenters. The van der Waals surface area contributed by atoms with Crippen LogP contribution in [0.3, 0.4) is 0 Å². The molecule has 1 amide bonds. The molecule has 0 aliphatic carbocycles. The normalized spacial score (nSPS) is 10.4. The minimum Gasteiger partial charge on any atom is -0.492 e. The van der Waals surface area contributed by atoms with Gasteiger partial charge in [0.15, 0.2) is 5.11 Å². The van der Waals surface area contributed by atoms with Gasteiger partial charge in [-0.3, -0.25) is 10.1 Å². The van der Waals surface area contributed by atoms with E-state index in [1.165, 1.54) is 11.1 Å². The van der Waals surface area contributed by atoms with Crippen molar-refractivity contribution in [2.24, 2.45) is 0 Å². The van der Waals surface area contributed by atoms with Gasteiger partial charge in [-0.25, -0.2) is 0 Å². The van der Waals surface area contributed by atoms with Crippen molar-refractivity contribution in [1.29, 1.82) is 0 Å². The van der Waals surface area contributed by atoms with Crippen molar-refractivity contribution in [2.75, 3.05) is 18.5 Å². The lowest BCUT2D eigenvalue weighted by atomic mass is 10.1. The van der Waals surface area contributed by atoms with Gasteiger partial charge < -0.3 is 14.8 Å². The number of hydrogen-bond acceptors (Lipinski definition) is 4. The molecule has 0 aromatic heterocycles. The summed E-state index contributed by atoms with van der Waals surface area (Å²) in [7, 11) is 0. The quantitative estimate of drug-likeness (QED) is 0.143. The Labute approximate surface area is 237 Å². The topological polar surface area (TPSA) is 59.6 Å². The van der Waals surface area contributed by atoms with Crippen molar-refractivity contribution < 1.29 is 14.3 Å². The van der Waals surface area contributed by atoms with Gasteiger partial charge in [0.2, 0.25) is 0 Å². The van der Waals surface area contributed by atoms with Crippen molar-refractivity contribution in [2.45, 2.75) is 19.3 Å². The molecule has 0 saturated heterocycles. The Morgan fingerprint density at radius 3 is 2.11 bits per heavy atom. The van der Waals surface area contributed by atoms with E-state index in [-0.39, 0.29) is 11.0 Å². The number of anilines is 1. The number of nitrogens with one attached hydrogen (secondary N) is 2. The van der Waals surface area contributed by atoms with Crippen LogP contribution in [0.5, 0.6) is 11.5 Å². The van der Waals surface area contributed by atoms with E-state index in [2.05, 4.69) is 38.7 Å². The van der Waals surface area contributed by atoms with Crippen LogP contribution in [-0.2, 0) is 12.8 Å². The number of amides is 1. The highest BCUT2D eigenvalue weighted by Crippen LogP contribution is 2.25. The predicted molar refractivity (Wildman–Crippen MR) is 160 cm³/mol. The molecule has 4 aromatic rings. The van der Waals surface area contributed by atoms with Crippen LogP contribution in [0.4, 0.5) is 5.69 Å². The molecular weight excluding hydrogens is 560 g/mol. The molecule has 2 N–H and O–H groups in total. The summed E-state index contributed by atoms with van der Waals surface area (Å²) >= 11 is 8.89. The first-order valence-electron chi connectivity index (χ1n) is 12.4. The van der Waals surface area contributed by atoms with Gasteiger partial charge in [0.25, 0.3) is 5.91 Å². The summed E-state index contributed by atoms with van der Waals surface area (Å²) in [5.74, 6) is 0.802. The number of aryl methyl sites for hydroxylation is 1. The molecule has 4 aromatic carbocycles. The Bertz CT molecular complexity index is 1350. The maximum Gasteiger partial charge on any atom is 0.261 e. The molecule has 0 unspecified atom stereocenters. The lowest BCUT2D eigenvalue weighted by Crippen LogP contribution is -2.34. The lowest BCUT2D eigenvalue weighted by Gasteiger charge is -2.16. The average Bonchev–Trinajstić information content (AvgIpc) is 2.94. The Balaban J connectivity index is 1.32. The van der Waals surface area contributed by atoms with Crippen molar-refractivity contribution in [3.63, 3.8) is 0 Å². The van der Waals surface area contributed by atoms with E-state index >= 15 is 0 Å². The molecule has 0 aliphatic heterocycles. The van der Waals surface area contributed by atoms with Crippen LogP contribution in [0.1, 0.15) is 27.9 Å². The number of para-hydroxylation sites is 2. The van der Waals surface area contributed by atoms with Gasteiger partial charge >= 0.3 is 0 Å². The SMILES string of the molecule is O=C(NC(=S)Nc1ccccc1OCCCc1ccccc1)c1cc(Br)ccc1OCCc1ccccc1. The standard InChI is InChI=1S/C31H29BrN2O3S/c32-25-17-18-28(37-21-19-24-12-5-2-6-13-24)26(22-25)30(35)34-31(38)33-27-15-7-8-16-29(27)36-20-9-14-23-10-3-1-4-11-23/h1-8,10-13,15-18,22H,9,14,19-21H2,(H2,33,34,35,38). The van der Waals surface area contributed by atoms with E-state index in [4.69, 9.17) is 21.7 Å². The summed E-state index contributed by atoms with van der Waals surface area (Å²) in [4.78, 5) is 13.1. The fraction of sp³-hybridized carbons (Fsp3) is 0.161. The second-order valence-electron chi connectivity index (χ2n) is 8.57. The molecule has 38 heavy (non-hydrogen) atoms. The summed E-state index contributed by atoms with van der Waals surface area (Å²) < 4.78 is 12.7. The van der Waals surface area contributed by atoms with E-state index in [0.717, 1.165) is 23.7 Å². The Hall–Kier alpha value is -3.68. The smallest absolute Gasteiger partial charge is 0.261 e. The van der Waals surface area contributed by atoms with Crippen molar-refractivity contribution in [3.8, 4) is 11.5 Å². The van der Waals surface area contributed by atoms with Gasteiger partial charge in [0, 0.05) is 10.9 Å². The van der Waals surface area contributed by atoms with Crippen LogP contribution in [0.15, 0.2) is 108 Å². The molecule has 4 rings (SSSR count). The Morgan fingerprint density at radius 1 is 0.737 bits per heavy atom. The van der Waals surface area contributed by atoms with Gasteiger partial charge in [-0.1, -0.05) is 88.7 Å². The highest BCUT2D eigenvalue weighted by Gasteiger charge is 2.16.